The molecule has 0 spiro atoms. The number of carbonyl (C=O) groups excluding carboxylic acids is 1. The van der Waals surface area contributed by atoms with Gasteiger partial charge in [0.2, 0.25) is 5.91 Å². The first-order valence-corrected chi connectivity index (χ1v) is 7.80. The fourth-order valence-electron chi connectivity index (χ4n) is 2.97. The highest BCUT2D eigenvalue weighted by atomic mass is 35.5. The number of benzene rings is 1. The summed E-state index contributed by atoms with van der Waals surface area (Å²) in [4.78, 5) is 24.7. The molecule has 5 nitrogen and oxygen atoms in total. The van der Waals surface area contributed by atoms with Crippen molar-refractivity contribution in [2.75, 3.05) is 32.1 Å². The van der Waals surface area contributed by atoms with E-state index in [1.807, 2.05) is 32.3 Å². The number of fused-ring (bicyclic) bond motifs is 1. The molecule has 116 valence electrons. The lowest BCUT2D eigenvalue weighted by molar-refractivity contribution is -0.133. The van der Waals surface area contributed by atoms with Crippen molar-refractivity contribution < 1.29 is 4.79 Å². The Labute approximate surface area is 134 Å². The molecule has 22 heavy (non-hydrogen) atoms. The number of rotatable bonds is 2. The van der Waals surface area contributed by atoms with Crippen LogP contribution >= 0.6 is 11.6 Å². The van der Waals surface area contributed by atoms with Crippen molar-refractivity contribution in [2.45, 2.75) is 12.8 Å². The molecule has 1 aromatic heterocycles. The van der Waals surface area contributed by atoms with E-state index in [4.69, 9.17) is 11.6 Å². The number of piperidine rings is 1. The van der Waals surface area contributed by atoms with E-state index in [9.17, 15) is 4.79 Å². The van der Waals surface area contributed by atoms with Crippen LogP contribution in [0.3, 0.4) is 0 Å². The summed E-state index contributed by atoms with van der Waals surface area (Å²) in [5.74, 6) is 1.27. The van der Waals surface area contributed by atoms with Crippen molar-refractivity contribution in [3.63, 3.8) is 0 Å². The molecule has 3 rings (SSSR count). The maximum absolute atomic E-state index is 12.1. The van der Waals surface area contributed by atoms with Gasteiger partial charge in [0, 0.05) is 43.5 Å². The van der Waals surface area contributed by atoms with E-state index in [0.717, 1.165) is 42.7 Å². The standard InChI is InChI=1S/C16H19ClN4O/c1-20(2)16(22)11-5-7-21(8-6-11)15-13-4-3-12(17)9-14(13)18-10-19-15/h3-4,9-11H,5-8H2,1-2H3. The quantitative estimate of drug-likeness (QED) is 0.854. The van der Waals surface area contributed by atoms with Crippen LogP contribution in [0.25, 0.3) is 10.9 Å². The minimum Gasteiger partial charge on any atom is -0.356 e. The highest BCUT2D eigenvalue weighted by molar-refractivity contribution is 6.31. The summed E-state index contributed by atoms with van der Waals surface area (Å²) >= 11 is 6.02. The van der Waals surface area contributed by atoms with Crippen LogP contribution in [-0.4, -0.2) is 48.0 Å². The highest BCUT2D eigenvalue weighted by Crippen LogP contribution is 2.29. The summed E-state index contributed by atoms with van der Waals surface area (Å²) in [6, 6.07) is 5.67. The largest absolute Gasteiger partial charge is 0.356 e. The predicted molar refractivity (Wildman–Crippen MR) is 88.2 cm³/mol. The van der Waals surface area contributed by atoms with Gasteiger partial charge in [-0.3, -0.25) is 4.79 Å². The molecule has 1 aliphatic rings. The van der Waals surface area contributed by atoms with E-state index in [0.29, 0.717) is 5.02 Å². The lowest BCUT2D eigenvalue weighted by Crippen LogP contribution is -2.40. The van der Waals surface area contributed by atoms with E-state index in [1.54, 1.807) is 11.2 Å². The summed E-state index contributed by atoms with van der Waals surface area (Å²) in [5.41, 5.74) is 0.851. The Hall–Kier alpha value is -1.88. The molecule has 0 radical (unpaired) electrons. The normalized spacial score (nSPS) is 16.0. The lowest BCUT2D eigenvalue weighted by atomic mass is 9.95. The topological polar surface area (TPSA) is 49.3 Å². The molecular formula is C16H19ClN4O. The Morgan fingerprint density at radius 3 is 2.68 bits per heavy atom. The molecular weight excluding hydrogens is 300 g/mol. The molecule has 1 aromatic carbocycles. The van der Waals surface area contributed by atoms with Crippen molar-refractivity contribution in [3.05, 3.63) is 29.5 Å². The zero-order valence-corrected chi connectivity index (χ0v) is 13.5. The van der Waals surface area contributed by atoms with Gasteiger partial charge in [-0.2, -0.15) is 0 Å². The predicted octanol–water partition coefficient (Wildman–Crippen LogP) is 2.59. The average Bonchev–Trinajstić information content (AvgIpc) is 2.53. The molecule has 0 N–H and O–H groups in total. The van der Waals surface area contributed by atoms with Gasteiger partial charge in [0.25, 0.3) is 0 Å². The van der Waals surface area contributed by atoms with Gasteiger partial charge >= 0.3 is 0 Å². The molecule has 1 saturated heterocycles. The zero-order valence-electron chi connectivity index (χ0n) is 12.8. The van der Waals surface area contributed by atoms with Gasteiger partial charge in [0.15, 0.2) is 0 Å². The number of aromatic nitrogens is 2. The Morgan fingerprint density at radius 1 is 1.27 bits per heavy atom. The third kappa shape index (κ3) is 2.86. The van der Waals surface area contributed by atoms with E-state index >= 15 is 0 Å². The summed E-state index contributed by atoms with van der Waals surface area (Å²) in [5, 5.41) is 1.68. The maximum Gasteiger partial charge on any atom is 0.225 e. The first-order valence-electron chi connectivity index (χ1n) is 7.42. The number of nitrogens with zero attached hydrogens (tertiary/aromatic N) is 4. The lowest BCUT2D eigenvalue weighted by Gasteiger charge is -2.33. The smallest absolute Gasteiger partial charge is 0.225 e. The number of hydrogen-bond acceptors (Lipinski definition) is 4. The third-order valence-electron chi connectivity index (χ3n) is 4.16. The summed E-state index contributed by atoms with van der Waals surface area (Å²) in [6.45, 7) is 1.66. The van der Waals surface area contributed by atoms with Gasteiger partial charge in [-0.25, -0.2) is 9.97 Å². The first-order chi connectivity index (χ1) is 10.6. The van der Waals surface area contributed by atoms with Crippen molar-refractivity contribution in [1.29, 1.82) is 0 Å². The molecule has 0 bridgehead atoms. The molecule has 2 aromatic rings. The summed E-state index contributed by atoms with van der Waals surface area (Å²) in [6.07, 6.45) is 3.29. The first kappa shape index (κ1) is 15.0. The molecule has 1 aliphatic heterocycles. The van der Waals surface area contributed by atoms with Crippen LogP contribution in [0.2, 0.25) is 5.02 Å². The van der Waals surface area contributed by atoms with E-state index < -0.39 is 0 Å². The Bertz CT molecular complexity index is 696. The van der Waals surface area contributed by atoms with Crippen molar-refractivity contribution in [2.24, 2.45) is 5.92 Å². The minimum absolute atomic E-state index is 0.119. The van der Waals surface area contributed by atoms with Crippen LogP contribution < -0.4 is 4.90 Å². The van der Waals surface area contributed by atoms with Gasteiger partial charge in [0.1, 0.15) is 12.1 Å². The second-order valence-electron chi connectivity index (χ2n) is 5.85. The van der Waals surface area contributed by atoms with Crippen LogP contribution in [0.4, 0.5) is 5.82 Å². The summed E-state index contributed by atoms with van der Waals surface area (Å²) < 4.78 is 0. The number of hydrogen-bond donors (Lipinski definition) is 0. The second kappa shape index (κ2) is 6.08. The van der Waals surface area contributed by atoms with Gasteiger partial charge < -0.3 is 9.80 Å². The van der Waals surface area contributed by atoms with Crippen molar-refractivity contribution in [3.8, 4) is 0 Å². The molecule has 0 saturated carbocycles. The SMILES string of the molecule is CN(C)C(=O)C1CCN(c2ncnc3cc(Cl)ccc23)CC1. The number of carbonyl (C=O) groups is 1. The Morgan fingerprint density at radius 2 is 2.00 bits per heavy atom. The zero-order chi connectivity index (χ0) is 15.7. The molecule has 6 heteroatoms. The monoisotopic (exact) mass is 318 g/mol. The van der Waals surface area contributed by atoms with Gasteiger partial charge in [-0.1, -0.05) is 11.6 Å². The van der Waals surface area contributed by atoms with E-state index in [-0.39, 0.29) is 11.8 Å². The molecule has 1 fully saturated rings. The molecule has 1 amide bonds. The van der Waals surface area contributed by atoms with E-state index in [2.05, 4.69) is 14.9 Å². The fraction of sp³-hybridized carbons (Fsp3) is 0.438. The third-order valence-corrected chi connectivity index (χ3v) is 4.40. The molecule has 2 heterocycles. The molecule has 0 unspecified atom stereocenters. The van der Waals surface area contributed by atoms with Crippen molar-refractivity contribution in [1.82, 2.24) is 14.9 Å². The Kier molecular flexibility index (Phi) is 4.16. The van der Waals surface area contributed by atoms with Gasteiger partial charge in [-0.05, 0) is 31.0 Å². The van der Waals surface area contributed by atoms with E-state index in [1.165, 1.54) is 0 Å². The van der Waals surface area contributed by atoms with Crippen LogP contribution in [0.5, 0.6) is 0 Å². The fourth-order valence-corrected chi connectivity index (χ4v) is 3.14. The number of halogens is 1. The van der Waals surface area contributed by atoms with Gasteiger partial charge in [0.05, 0.1) is 5.52 Å². The van der Waals surface area contributed by atoms with Crippen LogP contribution in [0.15, 0.2) is 24.5 Å². The van der Waals surface area contributed by atoms with Crippen LogP contribution in [0, 0.1) is 5.92 Å². The number of amides is 1. The van der Waals surface area contributed by atoms with Crippen LogP contribution in [0.1, 0.15) is 12.8 Å². The summed E-state index contributed by atoms with van der Waals surface area (Å²) in [7, 11) is 3.63. The molecule has 0 aliphatic carbocycles. The van der Waals surface area contributed by atoms with Crippen molar-refractivity contribution >= 4 is 34.2 Å². The molecule has 0 atom stereocenters. The number of anilines is 1. The van der Waals surface area contributed by atoms with Gasteiger partial charge in [-0.15, -0.1) is 0 Å². The minimum atomic E-state index is 0.119. The second-order valence-corrected chi connectivity index (χ2v) is 6.29. The maximum atomic E-state index is 12.1. The highest BCUT2D eigenvalue weighted by Gasteiger charge is 2.27. The Balaban J connectivity index is 1.81. The average molecular weight is 319 g/mol. The van der Waals surface area contributed by atoms with Crippen LogP contribution in [-0.2, 0) is 4.79 Å².